The molecule has 0 spiro atoms. The molecule has 0 bridgehead atoms. The quantitative estimate of drug-likeness (QED) is 0.806. The van der Waals surface area contributed by atoms with Gasteiger partial charge in [0.15, 0.2) is 0 Å². The van der Waals surface area contributed by atoms with Gasteiger partial charge in [-0.15, -0.1) is 0 Å². The van der Waals surface area contributed by atoms with Gasteiger partial charge in [-0.2, -0.15) is 0 Å². The summed E-state index contributed by atoms with van der Waals surface area (Å²) in [6, 6.07) is 15.8. The molecule has 1 atom stereocenters. The molecule has 146 valence electrons. The summed E-state index contributed by atoms with van der Waals surface area (Å²) in [5, 5.41) is 11.9. The summed E-state index contributed by atoms with van der Waals surface area (Å²) in [6.07, 6.45) is 2.22. The summed E-state index contributed by atoms with van der Waals surface area (Å²) in [5.41, 5.74) is 1.86. The number of carbonyl (C=O) groups excluding carboxylic acids is 2. The molecule has 1 aliphatic rings. The van der Waals surface area contributed by atoms with Crippen LogP contribution in [0.5, 0.6) is 0 Å². The first-order valence-electron chi connectivity index (χ1n) is 9.49. The number of carboxylic acid groups (broad SMARTS) is 1. The number of hydrogen-bond donors (Lipinski definition) is 2. The normalized spacial score (nSPS) is 16.4. The molecule has 0 saturated carbocycles. The van der Waals surface area contributed by atoms with Gasteiger partial charge < -0.3 is 15.3 Å². The van der Waals surface area contributed by atoms with E-state index in [1.165, 1.54) is 0 Å². The molecule has 1 aliphatic heterocycles. The highest BCUT2D eigenvalue weighted by Gasteiger charge is 2.28. The lowest BCUT2D eigenvalue weighted by Crippen LogP contribution is -2.45. The minimum absolute atomic E-state index is 0.0309. The molecule has 6 heteroatoms. The van der Waals surface area contributed by atoms with Gasteiger partial charge in [-0.1, -0.05) is 30.3 Å². The minimum atomic E-state index is -0.952. The van der Waals surface area contributed by atoms with E-state index >= 15 is 0 Å². The molecule has 1 saturated heterocycles. The number of amides is 2. The van der Waals surface area contributed by atoms with Crippen LogP contribution in [0.1, 0.15) is 39.1 Å². The fourth-order valence-corrected chi connectivity index (χ4v) is 3.43. The van der Waals surface area contributed by atoms with E-state index in [9.17, 15) is 14.4 Å². The van der Waals surface area contributed by atoms with E-state index in [4.69, 9.17) is 5.11 Å². The van der Waals surface area contributed by atoms with Crippen molar-refractivity contribution in [1.82, 2.24) is 10.2 Å². The average Bonchev–Trinajstić information content (AvgIpc) is 2.74. The maximum atomic E-state index is 12.6. The lowest BCUT2D eigenvalue weighted by atomic mass is 9.96. The maximum absolute atomic E-state index is 12.6. The molecule has 0 aliphatic carbocycles. The van der Waals surface area contributed by atoms with Crippen LogP contribution in [0.25, 0.3) is 0 Å². The fourth-order valence-electron chi connectivity index (χ4n) is 3.43. The highest BCUT2D eigenvalue weighted by Crippen LogP contribution is 2.19. The number of carboxylic acids is 1. The SMILES string of the molecule is O=C(O)c1ccc(CCNC(=O)C2CCCN(C(=O)c3ccccc3)C2)cc1. The van der Waals surface area contributed by atoms with E-state index in [1.54, 1.807) is 41.3 Å². The van der Waals surface area contributed by atoms with Gasteiger partial charge in [-0.05, 0) is 49.1 Å². The third-order valence-electron chi connectivity index (χ3n) is 5.01. The number of aromatic carboxylic acids is 1. The Hall–Kier alpha value is -3.15. The van der Waals surface area contributed by atoms with Crippen LogP contribution in [0.3, 0.4) is 0 Å². The smallest absolute Gasteiger partial charge is 0.335 e. The van der Waals surface area contributed by atoms with Gasteiger partial charge in [0.05, 0.1) is 11.5 Å². The van der Waals surface area contributed by atoms with E-state index in [0.717, 1.165) is 18.4 Å². The van der Waals surface area contributed by atoms with Crippen LogP contribution in [0.4, 0.5) is 0 Å². The van der Waals surface area contributed by atoms with Gasteiger partial charge in [0.25, 0.3) is 5.91 Å². The van der Waals surface area contributed by atoms with Gasteiger partial charge in [0.2, 0.25) is 5.91 Å². The molecule has 1 unspecified atom stereocenters. The van der Waals surface area contributed by atoms with Gasteiger partial charge in [-0.3, -0.25) is 9.59 Å². The van der Waals surface area contributed by atoms with Crippen molar-refractivity contribution in [3.63, 3.8) is 0 Å². The fraction of sp³-hybridized carbons (Fsp3) is 0.318. The summed E-state index contributed by atoms with van der Waals surface area (Å²) in [7, 11) is 0. The Labute approximate surface area is 164 Å². The van der Waals surface area contributed by atoms with Crippen LogP contribution in [0.15, 0.2) is 54.6 Å². The topological polar surface area (TPSA) is 86.7 Å². The van der Waals surface area contributed by atoms with E-state index in [2.05, 4.69) is 5.32 Å². The third-order valence-corrected chi connectivity index (χ3v) is 5.01. The van der Waals surface area contributed by atoms with Crippen LogP contribution < -0.4 is 5.32 Å². The Kier molecular flexibility index (Phi) is 6.42. The third kappa shape index (κ3) is 4.97. The molecule has 2 N–H and O–H groups in total. The monoisotopic (exact) mass is 380 g/mol. The second-order valence-electron chi connectivity index (χ2n) is 7.00. The Morgan fingerprint density at radius 3 is 2.39 bits per heavy atom. The van der Waals surface area contributed by atoms with Gasteiger partial charge >= 0.3 is 5.97 Å². The van der Waals surface area contributed by atoms with Crippen LogP contribution in [-0.4, -0.2) is 47.4 Å². The summed E-state index contributed by atoms with van der Waals surface area (Å²) in [5.74, 6) is -1.22. The molecular formula is C22H24N2O4. The van der Waals surface area contributed by atoms with Crippen LogP contribution in [0, 0.1) is 5.92 Å². The highest BCUT2D eigenvalue weighted by atomic mass is 16.4. The van der Waals surface area contributed by atoms with Crippen molar-refractivity contribution in [3.05, 3.63) is 71.3 Å². The van der Waals surface area contributed by atoms with Crippen molar-refractivity contribution >= 4 is 17.8 Å². The van der Waals surface area contributed by atoms with Crippen molar-refractivity contribution in [2.75, 3.05) is 19.6 Å². The predicted molar refractivity (Wildman–Crippen MR) is 105 cm³/mol. The first-order chi connectivity index (χ1) is 13.5. The predicted octanol–water partition coefficient (Wildman–Crippen LogP) is 2.60. The summed E-state index contributed by atoms with van der Waals surface area (Å²) >= 11 is 0. The summed E-state index contributed by atoms with van der Waals surface area (Å²) < 4.78 is 0. The first-order valence-corrected chi connectivity index (χ1v) is 9.49. The van der Waals surface area contributed by atoms with Crippen LogP contribution >= 0.6 is 0 Å². The number of likely N-dealkylation sites (tertiary alicyclic amines) is 1. The molecule has 0 aromatic heterocycles. The molecule has 6 nitrogen and oxygen atoms in total. The lowest BCUT2D eigenvalue weighted by Gasteiger charge is -2.32. The standard InChI is InChI=1S/C22H24N2O4/c25-20(23-13-12-16-8-10-18(11-9-16)22(27)28)19-7-4-14-24(15-19)21(26)17-5-2-1-3-6-17/h1-3,5-6,8-11,19H,4,7,12-15H2,(H,23,25)(H,27,28). The Balaban J connectivity index is 1.48. The Morgan fingerprint density at radius 1 is 1.00 bits per heavy atom. The zero-order valence-electron chi connectivity index (χ0n) is 15.6. The van der Waals surface area contributed by atoms with E-state index in [0.29, 0.717) is 31.6 Å². The second kappa shape index (κ2) is 9.17. The van der Waals surface area contributed by atoms with Crippen molar-refractivity contribution in [3.8, 4) is 0 Å². The summed E-state index contributed by atoms with van der Waals surface area (Å²) in [4.78, 5) is 37.7. The van der Waals surface area contributed by atoms with Gasteiger partial charge in [0.1, 0.15) is 0 Å². The van der Waals surface area contributed by atoms with E-state index in [1.807, 2.05) is 18.2 Å². The highest BCUT2D eigenvalue weighted by molar-refractivity contribution is 5.94. The van der Waals surface area contributed by atoms with Crippen molar-refractivity contribution in [1.29, 1.82) is 0 Å². The number of nitrogens with one attached hydrogen (secondary N) is 1. The van der Waals surface area contributed by atoms with E-state index in [-0.39, 0.29) is 23.3 Å². The number of piperidine rings is 1. The van der Waals surface area contributed by atoms with E-state index < -0.39 is 5.97 Å². The van der Waals surface area contributed by atoms with Gasteiger partial charge in [0, 0.05) is 25.2 Å². The zero-order chi connectivity index (χ0) is 19.9. The lowest BCUT2D eigenvalue weighted by molar-refractivity contribution is -0.126. The maximum Gasteiger partial charge on any atom is 0.335 e. The second-order valence-corrected chi connectivity index (χ2v) is 7.00. The molecule has 2 amide bonds. The average molecular weight is 380 g/mol. The van der Waals surface area contributed by atoms with Crippen molar-refractivity contribution in [2.24, 2.45) is 5.92 Å². The zero-order valence-corrected chi connectivity index (χ0v) is 15.6. The van der Waals surface area contributed by atoms with Crippen LogP contribution in [0.2, 0.25) is 0 Å². The molecule has 0 radical (unpaired) electrons. The number of hydrogen-bond acceptors (Lipinski definition) is 3. The molecular weight excluding hydrogens is 356 g/mol. The molecule has 2 aromatic carbocycles. The molecule has 1 heterocycles. The van der Waals surface area contributed by atoms with Crippen LogP contribution in [-0.2, 0) is 11.2 Å². The van der Waals surface area contributed by atoms with Crippen molar-refractivity contribution < 1.29 is 19.5 Å². The molecule has 28 heavy (non-hydrogen) atoms. The number of carbonyl (C=O) groups is 3. The Bertz CT molecular complexity index is 833. The first kappa shape index (κ1) is 19.6. The number of rotatable bonds is 6. The molecule has 3 rings (SSSR count). The Morgan fingerprint density at radius 2 is 1.71 bits per heavy atom. The van der Waals surface area contributed by atoms with Crippen molar-refractivity contribution in [2.45, 2.75) is 19.3 Å². The molecule has 1 fully saturated rings. The molecule has 2 aromatic rings. The summed E-state index contributed by atoms with van der Waals surface area (Å²) in [6.45, 7) is 1.59. The largest absolute Gasteiger partial charge is 0.478 e. The van der Waals surface area contributed by atoms with Gasteiger partial charge in [-0.25, -0.2) is 4.79 Å². The number of nitrogens with zero attached hydrogens (tertiary/aromatic N) is 1. The minimum Gasteiger partial charge on any atom is -0.478 e. The number of benzene rings is 2.